The number of thiophene rings is 1. The molecule has 0 atom stereocenters. The monoisotopic (exact) mass is 371 g/mol. The summed E-state index contributed by atoms with van der Waals surface area (Å²) in [4.78, 5) is 28.1. The molecule has 2 heterocycles. The molecule has 8 heteroatoms. The maximum atomic E-state index is 12.1. The summed E-state index contributed by atoms with van der Waals surface area (Å²) in [6.45, 7) is -0.446. The Kier molecular flexibility index (Phi) is 4.93. The first kappa shape index (κ1) is 16.9. The van der Waals surface area contributed by atoms with Crippen LogP contribution in [0.25, 0.3) is 10.9 Å². The molecule has 0 aliphatic heterocycles. The first-order valence-corrected chi connectivity index (χ1v) is 8.33. The quantitative estimate of drug-likeness (QED) is 0.558. The minimum atomic E-state index is -0.626. The molecule has 0 radical (unpaired) electrons. The molecule has 124 valence electrons. The summed E-state index contributed by atoms with van der Waals surface area (Å²) in [6, 6.07) is 11.8. The fourth-order valence-corrected chi connectivity index (χ4v) is 3.01. The van der Waals surface area contributed by atoms with Gasteiger partial charge in [-0.1, -0.05) is 11.6 Å². The highest BCUT2D eigenvalue weighted by Gasteiger charge is 2.13. The lowest BCUT2D eigenvalue weighted by Gasteiger charge is -2.06. The number of rotatable bonds is 4. The Morgan fingerprint density at radius 3 is 2.92 bits per heavy atom. The highest BCUT2D eigenvalue weighted by atomic mass is 35.5. The summed E-state index contributed by atoms with van der Waals surface area (Å²) >= 11 is 7.04. The number of carbonyl (C=O) groups excluding carboxylic acids is 2. The van der Waals surface area contributed by atoms with E-state index in [2.05, 4.69) is 10.3 Å². The number of nitrogens with one attached hydrogen (secondary N) is 1. The number of fused-ring (bicyclic) bond motifs is 1. The van der Waals surface area contributed by atoms with Crippen molar-refractivity contribution in [1.82, 2.24) is 4.98 Å². The average molecular weight is 372 g/mol. The van der Waals surface area contributed by atoms with Crippen LogP contribution in [0.15, 0.2) is 41.8 Å². The van der Waals surface area contributed by atoms with Gasteiger partial charge in [-0.2, -0.15) is 5.26 Å². The number of carbonyl (C=O) groups is 2. The van der Waals surface area contributed by atoms with Gasteiger partial charge >= 0.3 is 5.97 Å². The smallest absolute Gasteiger partial charge is 0.338 e. The summed E-state index contributed by atoms with van der Waals surface area (Å²) < 4.78 is 5.01. The van der Waals surface area contributed by atoms with E-state index >= 15 is 0 Å². The first-order chi connectivity index (χ1) is 12.1. The molecule has 0 aliphatic rings. The number of nitriles is 1. The largest absolute Gasteiger partial charge is 0.452 e. The topological polar surface area (TPSA) is 92.1 Å². The van der Waals surface area contributed by atoms with Gasteiger partial charge in [0, 0.05) is 5.39 Å². The van der Waals surface area contributed by atoms with E-state index in [1.165, 1.54) is 11.3 Å². The van der Waals surface area contributed by atoms with Crippen molar-refractivity contribution in [3.63, 3.8) is 0 Å². The number of nitrogens with zero attached hydrogens (tertiary/aromatic N) is 2. The average Bonchev–Trinajstić information content (AvgIpc) is 3.06. The van der Waals surface area contributed by atoms with Crippen molar-refractivity contribution in [2.45, 2.75) is 0 Å². The van der Waals surface area contributed by atoms with Gasteiger partial charge in [0.15, 0.2) is 6.61 Å². The number of benzene rings is 1. The van der Waals surface area contributed by atoms with E-state index in [4.69, 9.17) is 21.6 Å². The molecule has 0 bridgehead atoms. The van der Waals surface area contributed by atoms with Crippen LogP contribution in [0, 0.1) is 11.3 Å². The van der Waals surface area contributed by atoms with Gasteiger partial charge < -0.3 is 10.1 Å². The number of hydrogen-bond donors (Lipinski definition) is 1. The SMILES string of the molecule is N#Cc1ccsc1NC(=O)COC(=O)c1ccc2nc(Cl)ccc2c1. The first-order valence-electron chi connectivity index (χ1n) is 7.07. The zero-order chi connectivity index (χ0) is 17.8. The minimum absolute atomic E-state index is 0.304. The van der Waals surface area contributed by atoms with Gasteiger partial charge in [0.25, 0.3) is 5.91 Å². The Morgan fingerprint density at radius 1 is 1.28 bits per heavy atom. The second kappa shape index (κ2) is 7.30. The number of anilines is 1. The predicted molar refractivity (Wildman–Crippen MR) is 94.7 cm³/mol. The predicted octanol–water partition coefficient (Wildman–Crippen LogP) is 3.62. The molecular weight excluding hydrogens is 362 g/mol. The van der Waals surface area contributed by atoms with Crippen molar-refractivity contribution in [2.24, 2.45) is 0 Å². The molecule has 3 aromatic rings. The van der Waals surface area contributed by atoms with Gasteiger partial charge in [0.1, 0.15) is 16.2 Å². The molecule has 0 unspecified atom stereocenters. The second-order valence-electron chi connectivity index (χ2n) is 4.94. The van der Waals surface area contributed by atoms with Gasteiger partial charge in [-0.15, -0.1) is 11.3 Å². The Morgan fingerprint density at radius 2 is 2.12 bits per heavy atom. The number of pyridine rings is 1. The number of amides is 1. The summed E-state index contributed by atoms with van der Waals surface area (Å²) in [6.07, 6.45) is 0. The Labute approximate surface area is 151 Å². The summed E-state index contributed by atoms with van der Waals surface area (Å²) in [5, 5.41) is 14.7. The number of halogens is 1. The summed E-state index contributed by atoms with van der Waals surface area (Å²) in [5.41, 5.74) is 1.33. The molecule has 25 heavy (non-hydrogen) atoms. The number of hydrogen-bond acceptors (Lipinski definition) is 6. The highest BCUT2D eigenvalue weighted by molar-refractivity contribution is 7.14. The van der Waals surface area contributed by atoms with E-state index in [9.17, 15) is 9.59 Å². The van der Waals surface area contributed by atoms with Crippen LogP contribution in [0.2, 0.25) is 5.15 Å². The molecule has 1 aromatic carbocycles. The lowest BCUT2D eigenvalue weighted by Crippen LogP contribution is -2.20. The van der Waals surface area contributed by atoms with Crippen LogP contribution in [0.3, 0.4) is 0 Å². The van der Waals surface area contributed by atoms with E-state index in [1.807, 2.05) is 6.07 Å². The van der Waals surface area contributed by atoms with E-state index in [-0.39, 0.29) is 0 Å². The molecule has 3 rings (SSSR count). The molecule has 0 saturated heterocycles. The molecular formula is C17H10ClN3O3S. The molecule has 0 spiro atoms. The maximum absolute atomic E-state index is 12.1. The van der Waals surface area contributed by atoms with Gasteiger partial charge in [0.05, 0.1) is 16.6 Å². The number of ether oxygens (including phenoxy) is 1. The van der Waals surface area contributed by atoms with Crippen LogP contribution in [0.4, 0.5) is 5.00 Å². The Balaban J connectivity index is 1.63. The summed E-state index contributed by atoms with van der Waals surface area (Å²) in [5.74, 6) is -1.14. The third-order valence-corrected chi connectivity index (χ3v) is 4.30. The number of aromatic nitrogens is 1. The van der Waals surface area contributed by atoms with Crippen molar-refractivity contribution in [3.05, 3.63) is 58.1 Å². The lowest BCUT2D eigenvalue weighted by atomic mass is 10.1. The Hall–Kier alpha value is -2.95. The van der Waals surface area contributed by atoms with E-state index < -0.39 is 18.5 Å². The van der Waals surface area contributed by atoms with Gasteiger partial charge in [0.2, 0.25) is 0 Å². The third kappa shape index (κ3) is 3.94. The third-order valence-electron chi connectivity index (χ3n) is 3.26. The molecule has 0 aliphatic carbocycles. The van der Waals surface area contributed by atoms with Crippen LogP contribution in [0.1, 0.15) is 15.9 Å². The van der Waals surface area contributed by atoms with Gasteiger partial charge in [-0.05, 0) is 41.8 Å². The van der Waals surface area contributed by atoms with Crippen molar-refractivity contribution in [1.29, 1.82) is 5.26 Å². The second-order valence-corrected chi connectivity index (χ2v) is 6.24. The highest BCUT2D eigenvalue weighted by Crippen LogP contribution is 2.22. The van der Waals surface area contributed by atoms with E-state index in [0.717, 1.165) is 5.39 Å². The standard InChI is InChI=1S/C17H10ClN3O3S/c18-14-4-2-10-7-11(1-3-13(10)20-14)17(23)24-9-15(22)21-16-12(8-19)5-6-25-16/h1-7H,9H2,(H,21,22). The lowest BCUT2D eigenvalue weighted by molar-refractivity contribution is -0.119. The molecule has 0 saturated carbocycles. The minimum Gasteiger partial charge on any atom is -0.452 e. The Bertz CT molecular complexity index is 1010. The molecule has 2 aromatic heterocycles. The zero-order valence-electron chi connectivity index (χ0n) is 12.7. The zero-order valence-corrected chi connectivity index (χ0v) is 14.2. The molecule has 0 fully saturated rings. The van der Waals surface area contributed by atoms with E-state index in [0.29, 0.717) is 26.8 Å². The van der Waals surface area contributed by atoms with Crippen LogP contribution in [-0.2, 0) is 9.53 Å². The van der Waals surface area contributed by atoms with E-state index in [1.54, 1.807) is 41.8 Å². The van der Waals surface area contributed by atoms with Crippen molar-refractivity contribution >= 4 is 50.7 Å². The number of esters is 1. The normalized spacial score (nSPS) is 10.2. The fourth-order valence-electron chi connectivity index (χ4n) is 2.10. The molecule has 1 N–H and O–H groups in total. The fraction of sp³-hybridized carbons (Fsp3) is 0.0588. The van der Waals surface area contributed by atoms with Crippen LogP contribution in [-0.4, -0.2) is 23.5 Å². The van der Waals surface area contributed by atoms with Crippen molar-refractivity contribution in [3.8, 4) is 6.07 Å². The van der Waals surface area contributed by atoms with Crippen LogP contribution in [0.5, 0.6) is 0 Å². The van der Waals surface area contributed by atoms with Crippen LogP contribution >= 0.6 is 22.9 Å². The summed E-state index contributed by atoms with van der Waals surface area (Å²) in [7, 11) is 0. The maximum Gasteiger partial charge on any atom is 0.338 e. The van der Waals surface area contributed by atoms with Crippen molar-refractivity contribution < 1.29 is 14.3 Å². The van der Waals surface area contributed by atoms with Gasteiger partial charge in [-0.3, -0.25) is 4.79 Å². The molecule has 6 nitrogen and oxygen atoms in total. The van der Waals surface area contributed by atoms with Crippen LogP contribution < -0.4 is 5.32 Å². The van der Waals surface area contributed by atoms with Crippen molar-refractivity contribution in [2.75, 3.05) is 11.9 Å². The van der Waals surface area contributed by atoms with Gasteiger partial charge in [-0.25, -0.2) is 9.78 Å². The molecule has 1 amide bonds.